The number of benzene rings is 3. The third-order valence-electron chi connectivity index (χ3n) is 14.9. The molecule has 3 atom stereocenters. The van der Waals surface area contributed by atoms with Gasteiger partial charge in [-0.1, -0.05) is 70.2 Å². The third kappa shape index (κ3) is 13.2. The van der Waals surface area contributed by atoms with E-state index in [-0.39, 0.29) is 54.8 Å². The van der Waals surface area contributed by atoms with Crippen molar-refractivity contribution in [1.82, 2.24) is 30.1 Å². The predicted molar refractivity (Wildman–Crippen MR) is 282 cm³/mol. The Morgan fingerprint density at radius 1 is 1.00 bits per heavy atom. The Balaban J connectivity index is 1.19. The van der Waals surface area contributed by atoms with Gasteiger partial charge >= 0.3 is 5.97 Å². The van der Waals surface area contributed by atoms with Gasteiger partial charge in [0.05, 0.1) is 30.9 Å². The molecule has 2 amide bonds. The molecule has 3 heterocycles. The fraction of sp³-hybridized carbons (Fsp3) is 0.552. The van der Waals surface area contributed by atoms with Gasteiger partial charge in [-0.3, -0.25) is 29.1 Å². The third-order valence-corrected chi connectivity index (χ3v) is 14.9. The van der Waals surface area contributed by atoms with E-state index in [0.717, 1.165) is 96.2 Å². The molecule has 13 nitrogen and oxygen atoms in total. The first-order chi connectivity index (χ1) is 34.0. The minimum Gasteiger partial charge on any atom is -0.508 e. The lowest BCUT2D eigenvalue weighted by Gasteiger charge is -2.36. The maximum absolute atomic E-state index is 14.8. The molecule has 7 rings (SSSR count). The number of methoxy groups -OCH3 is 1. The van der Waals surface area contributed by atoms with Crippen molar-refractivity contribution >= 4 is 34.5 Å². The van der Waals surface area contributed by atoms with Crippen LogP contribution < -0.4 is 10.7 Å². The highest BCUT2D eigenvalue weighted by molar-refractivity contribution is 5.96. The predicted octanol–water partition coefficient (Wildman–Crippen LogP) is 8.24. The van der Waals surface area contributed by atoms with Gasteiger partial charge in [-0.2, -0.15) is 0 Å². The molecule has 0 radical (unpaired) electrons. The number of nitrogens with zero attached hydrogens (tertiary/aromatic N) is 4. The summed E-state index contributed by atoms with van der Waals surface area (Å²) in [6.45, 7) is 13.9. The summed E-state index contributed by atoms with van der Waals surface area (Å²) in [5.41, 5.74) is 11.0. The van der Waals surface area contributed by atoms with Crippen LogP contribution >= 0.6 is 0 Å². The Hall–Kier alpha value is -5.34. The zero-order valence-electron chi connectivity index (χ0n) is 43.9. The topological polar surface area (TPSA) is 146 Å². The maximum Gasteiger partial charge on any atom is 0.324 e. The van der Waals surface area contributed by atoms with Crippen molar-refractivity contribution in [1.29, 1.82) is 0 Å². The molecule has 1 aromatic heterocycles. The maximum atomic E-state index is 14.8. The molecule has 2 fully saturated rings. The van der Waals surface area contributed by atoms with E-state index in [1.165, 1.54) is 10.6 Å². The Kier molecular flexibility index (Phi) is 18.0. The summed E-state index contributed by atoms with van der Waals surface area (Å²) < 4.78 is 14.1. The number of ether oxygens (including phenoxy) is 2. The van der Waals surface area contributed by atoms with Gasteiger partial charge in [-0.05, 0) is 156 Å². The molecule has 2 aliphatic heterocycles. The van der Waals surface area contributed by atoms with E-state index in [1.54, 1.807) is 25.3 Å². The number of hydrazine groups is 1. The van der Waals surface area contributed by atoms with Crippen LogP contribution in [0.2, 0.25) is 0 Å². The average Bonchev–Trinajstić information content (AvgIpc) is 3.64. The van der Waals surface area contributed by atoms with E-state index in [2.05, 4.69) is 83.4 Å². The summed E-state index contributed by atoms with van der Waals surface area (Å²) in [5, 5.41) is 17.2. The first-order valence-corrected chi connectivity index (χ1v) is 26.1. The Bertz CT molecular complexity index is 2540. The van der Waals surface area contributed by atoms with E-state index >= 15 is 0 Å². The van der Waals surface area contributed by atoms with Gasteiger partial charge in [0.25, 0.3) is 0 Å². The number of phenolic OH excluding ortho intramolecular Hbond substituents is 1. The first kappa shape index (κ1) is 53.5. The van der Waals surface area contributed by atoms with E-state index in [9.17, 15) is 24.3 Å². The number of aryl methyl sites for hydroxylation is 1. The molecule has 0 spiro atoms. The lowest BCUT2D eigenvalue weighted by Crippen LogP contribution is -2.58. The van der Waals surface area contributed by atoms with Crippen molar-refractivity contribution < 1.29 is 33.8 Å². The minimum atomic E-state index is -0.722. The van der Waals surface area contributed by atoms with Crippen LogP contribution in [0, 0.1) is 29.1 Å². The molecule has 3 N–H and O–H groups in total. The summed E-state index contributed by atoms with van der Waals surface area (Å²) in [6, 6.07) is 19.4. The lowest BCUT2D eigenvalue weighted by molar-refractivity contribution is -0.155. The Morgan fingerprint density at radius 3 is 2.48 bits per heavy atom. The van der Waals surface area contributed by atoms with Crippen molar-refractivity contribution in [3.63, 3.8) is 0 Å². The molecule has 13 heteroatoms. The molecular formula is C58H80N6O7. The first-order valence-electron chi connectivity index (χ1n) is 26.1. The summed E-state index contributed by atoms with van der Waals surface area (Å²) >= 11 is 0. The van der Waals surface area contributed by atoms with Crippen LogP contribution in [0.4, 0.5) is 0 Å². The zero-order chi connectivity index (χ0) is 51.0. The molecule has 6 bridgehead atoms. The number of allylic oxidation sites excluding steroid dienone is 1. The summed E-state index contributed by atoms with van der Waals surface area (Å²) in [6.07, 6.45) is 9.95. The summed E-state index contributed by atoms with van der Waals surface area (Å²) in [7, 11) is 7.70. The smallest absolute Gasteiger partial charge is 0.324 e. The second-order valence-corrected chi connectivity index (χ2v) is 21.9. The van der Waals surface area contributed by atoms with Gasteiger partial charge in [0.2, 0.25) is 11.8 Å². The Labute approximate surface area is 422 Å². The molecule has 1 aliphatic carbocycles. The van der Waals surface area contributed by atoms with Crippen molar-refractivity contribution in [3.8, 4) is 28.1 Å². The normalized spacial score (nSPS) is 21.5. The lowest BCUT2D eigenvalue weighted by atomic mass is 9.79. The molecule has 1 saturated carbocycles. The number of phenols is 1. The van der Waals surface area contributed by atoms with Crippen LogP contribution in [0.1, 0.15) is 89.8 Å². The number of cyclic esters (lactones) is 1. The summed E-state index contributed by atoms with van der Waals surface area (Å²) in [5.74, 6) is -0.823. The fourth-order valence-corrected chi connectivity index (χ4v) is 11.3. The Morgan fingerprint density at radius 2 is 1.76 bits per heavy atom. The van der Waals surface area contributed by atoms with Gasteiger partial charge in [0.15, 0.2) is 5.78 Å². The number of amides is 2. The van der Waals surface area contributed by atoms with E-state index in [1.807, 2.05) is 52.0 Å². The minimum absolute atomic E-state index is 0.0107. The van der Waals surface area contributed by atoms with Gasteiger partial charge in [0, 0.05) is 67.6 Å². The van der Waals surface area contributed by atoms with E-state index in [0.29, 0.717) is 38.3 Å². The molecule has 384 valence electrons. The molecule has 71 heavy (non-hydrogen) atoms. The molecule has 3 aromatic carbocycles. The van der Waals surface area contributed by atoms with Crippen LogP contribution in [0.3, 0.4) is 0 Å². The second-order valence-electron chi connectivity index (χ2n) is 21.9. The van der Waals surface area contributed by atoms with Crippen molar-refractivity contribution in [3.05, 3.63) is 89.5 Å². The number of carbonyl (C=O) groups excluding carboxylic acids is 4. The van der Waals surface area contributed by atoms with Gasteiger partial charge < -0.3 is 29.4 Å². The second kappa shape index (κ2) is 23.9. The van der Waals surface area contributed by atoms with Crippen LogP contribution in [-0.4, -0.2) is 128 Å². The van der Waals surface area contributed by atoms with Gasteiger partial charge in [-0.15, -0.1) is 0 Å². The van der Waals surface area contributed by atoms with Crippen molar-refractivity contribution in [2.45, 2.75) is 111 Å². The number of rotatable bonds is 16. The summed E-state index contributed by atoms with van der Waals surface area (Å²) in [4.78, 5) is 60.2. The van der Waals surface area contributed by atoms with Crippen molar-refractivity contribution in [2.75, 3.05) is 67.6 Å². The van der Waals surface area contributed by atoms with Crippen LogP contribution in [0.25, 0.3) is 33.3 Å². The number of esters is 1. The number of aromatic nitrogens is 1. The number of ketones is 1. The highest BCUT2D eigenvalue weighted by Gasteiger charge is 2.37. The van der Waals surface area contributed by atoms with Gasteiger partial charge in [-0.25, -0.2) is 5.43 Å². The molecule has 3 aliphatic rings. The number of likely N-dealkylation sites (N-methyl/N-ethyl adjacent to an activating group) is 2. The van der Waals surface area contributed by atoms with E-state index < -0.39 is 29.4 Å². The monoisotopic (exact) mass is 973 g/mol. The van der Waals surface area contributed by atoms with E-state index in [4.69, 9.17) is 9.47 Å². The number of hydrogen-bond donors (Lipinski definition) is 3. The molecular weight excluding hydrogens is 893 g/mol. The molecule has 0 unspecified atom stereocenters. The number of aromatic hydroxyl groups is 1. The quantitative estimate of drug-likeness (QED) is 0.0742. The van der Waals surface area contributed by atoms with Gasteiger partial charge in [0.1, 0.15) is 11.8 Å². The van der Waals surface area contributed by atoms with Crippen molar-refractivity contribution in [2.24, 2.45) is 29.1 Å². The molecule has 4 aromatic rings. The number of hydrogen-bond acceptors (Lipinski definition) is 10. The highest BCUT2D eigenvalue weighted by Crippen LogP contribution is 2.42. The van der Waals surface area contributed by atoms with Crippen LogP contribution in [0.5, 0.6) is 5.75 Å². The number of nitrogens with one attached hydrogen (secondary N) is 2. The standard InChI is InChI=1S/C58H80N6O7/c1-10-63-51-24-23-43-33-48(51)49(54(63)47-16-12-11-15-41(47)25-28-70-9)34-58(4,5)37-71-57(69)50-17-13-27-64(60-50)56(68)45(30-40-29-44(43)32-46(65)31-40)35-59-55(67)53(38(2)3)62(8)36-39-19-21-42(22-20-39)52(66)18-14-26-61(6)7/h11-12,14-16,18,23-24,29,31-33,38-39,42,45,50,53,60,65H,10,13,17,19-22,25-28,30,34-37H2,1-9H3,(H,59,67)/b18-14+/t39-,42-,45-,50+,53+/m1/s1. The number of carbonyl (C=O) groups is 4. The van der Waals surface area contributed by atoms with Crippen LogP contribution in [-0.2, 0) is 54.5 Å². The zero-order valence-corrected chi connectivity index (χ0v) is 43.9. The highest BCUT2D eigenvalue weighted by atomic mass is 16.5. The average molecular weight is 973 g/mol. The largest absolute Gasteiger partial charge is 0.508 e. The van der Waals surface area contributed by atoms with Crippen LogP contribution in [0.15, 0.2) is 72.8 Å². The fourth-order valence-electron chi connectivity index (χ4n) is 11.3. The SMILES string of the molecule is CCn1c(-c2ccccc2CCOC)c2c3cc(ccc31)-c1cc(O)cc(c1)C[C@H](CNC(=O)[C@H](C(C)C)N(C)C[C@H]1CC[C@H](C(=O)/C=C/CN(C)C)CC1)C(=O)N1CCC[C@H](N1)C(=O)OCC(C)(C)C2. The number of fused-ring (bicyclic) bond motifs is 6. The molecule has 1 saturated heterocycles.